The van der Waals surface area contributed by atoms with Crippen molar-refractivity contribution in [2.45, 2.75) is 74.1 Å². The molecule has 3 rings (SSSR count). The van der Waals surface area contributed by atoms with Crippen LogP contribution >= 0.6 is 0 Å². The van der Waals surface area contributed by atoms with Gasteiger partial charge in [-0.2, -0.15) is 0 Å². The summed E-state index contributed by atoms with van der Waals surface area (Å²) in [7, 11) is -7.04. The molecule has 1 aromatic carbocycles. The van der Waals surface area contributed by atoms with Crippen LogP contribution in [0.3, 0.4) is 0 Å². The van der Waals surface area contributed by atoms with E-state index < -0.39 is 31.0 Å². The first kappa shape index (κ1) is 19.8. The van der Waals surface area contributed by atoms with E-state index in [9.17, 15) is 16.8 Å². The Hall–Kier alpha value is -0.920. The van der Waals surface area contributed by atoms with E-state index in [1.54, 1.807) is 12.1 Å². The van der Waals surface area contributed by atoms with Gasteiger partial charge in [-0.1, -0.05) is 44.7 Å². The van der Waals surface area contributed by atoms with Crippen LogP contribution in [0.15, 0.2) is 29.2 Å². The molecular formula is C19H29NO4S2. The monoisotopic (exact) mass is 399 g/mol. The van der Waals surface area contributed by atoms with Crippen molar-refractivity contribution in [3.63, 3.8) is 0 Å². The number of rotatable bonds is 5. The maximum absolute atomic E-state index is 13.1. The molecule has 0 unspecified atom stereocenters. The molecular weight excluding hydrogens is 370 g/mol. The van der Waals surface area contributed by atoms with E-state index in [1.807, 2.05) is 19.1 Å². The number of aryl methyl sites for hydroxylation is 1. The predicted octanol–water partition coefficient (Wildman–Crippen LogP) is 2.50. The van der Waals surface area contributed by atoms with E-state index >= 15 is 0 Å². The van der Waals surface area contributed by atoms with Crippen molar-refractivity contribution in [2.75, 3.05) is 11.5 Å². The van der Waals surface area contributed by atoms with Crippen molar-refractivity contribution in [1.82, 2.24) is 5.32 Å². The Labute approximate surface area is 157 Å². The molecule has 2 fully saturated rings. The average molecular weight is 400 g/mol. The molecule has 146 valence electrons. The zero-order chi connectivity index (χ0) is 18.8. The van der Waals surface area contributed by atoms with Gasteiger partial charge in [-0.3, -0.25) is 0 Å². The van der Waals surface area contributed by atoms with Gasteiger partial charge in [0.25, 0.3) is 0 Å². The maximum Gasteiger partial charge on any atom is 0.183 e. The third-order valence-corrected chi connectivity index (χ3v) is 9.83. The summed E-state index contributed by atoms with van der Waals surface area (Å²) >= 11 is 0. The highest BCUT2D eigenvalue weighted by Gasteiger charge is 2.46. The molecule has 0 amide bonds. The van der Waals surface area contributed by atoms with E-state index in [-0.39, 0.29) is 22.4 Å². The van der Waals surface area contributed by atoms with Crippen molar-refractivity contribution < 1.29 is 16.8 Å². The highest BCUT2D eigenvalue weighted by molar-refractivity contribution is 7.96. The summed E-state index contributed by atoms with van der Waals surface area (Å²) in [4.78, 5) is 0.226. The lowest BCUT2D eigenvalue weighted by Gasteiger charge is -2.25. The molecule has 26 heavy (non-hydrogen) atoms. The number of benzene rings is 1. The van der Waals surface area contributed by atoms with Gasteiger partial charge >= 0.3 is 0 Å². The molecule has 0 bridgehead atoms. The molecule has 1 aromatic rings. The fraction of sp³-hybridized carbons (Fsp3) is 0.684. The van der Waals surface area contributed by atoms with Crippen LogP contribution in [0.5, 0.6) is 0 Å². The summed E-state index contributed by atoms with van der Waals surface area (Å²) in [5.74, 6) is -0.365. The summed E-state index contributed by atoms with van der Waals surface area (Å²) < 4.78 is 50.7. The highest BCUT2D eigenvalue weighted by Crippen LogP contribution is 2.28. The first-order valence-electron chi connectivity index (χ1n) is 9.61. The summed E-state index contributed by atoms with van der Waals surface area (Å²) in [5.41, 5.74) is 1.07. The van der Waals surface area contributed by atoms with E-state index in [0.717, 1.165) is 37.7 Å². The third kappa shape index (κ3) is 4.49. The van der Waals surface area contributed by atoms with Crippen molar-refractivity contribution in [1.29, 1.82) is 0 Å². The molecule has 0 radical (unpaired) electrons. The molecule has 1 aliphatic heterocycles. The summed E-state index contributed by atoms with van der Waals surface area (Å²) in [6.45, 7) is 2.01. The molecule has 2 aliphatic rings. The lowest BCUT2D eigenvalue weighted by atomic mass is 10.1. The van der Waals surface area contributed by atoms with Gasteiger partial charge < -0.3 is 5.32 Å². The van der Waals surface area contributed by atoms with Crippen molar-refractivity contribution in [2.24, 2.45) is 0 Å². The van der Waals surface area contributed by atoms with E-state index in [2.05, 4.69) is 5.32 Å². The summed E-state index contributed by atoms with van der Waals surface area (Å²) in [6, 6.07) is 6.55. The normalized spacial score (nSPS) is 27.3. The minimum atomic E-state index is -3.69. The summed E-state index contributed by atoms with van der Waals surface area (Å²) in [6.07, 6.45) is 7.46. The predicted molar refractivity (Wildman–Crippen MR) is 104 cm³/mol. The van der Waals surface area contributed by atoms with Crippen LogP contribution in [0, 0.1) is 0 Å². The SMILES string of the molecule is CCc1ccc(S(=O)(=O)[C@H]2CS(=O)(=O)C[C@H]2NC2CCCCCC2)cc1. The first-order valence-corrected chi connectivity index (χ1v) is 13.0. The van der Waals surface area contributed by atoms with Gasteiger partial charge in [-0.25, -0.2) is 16.8 Å². The standard InChI is InChI=1S/C19H29NO4S2/c1-2-15-9-11-17(12-10-15)26(23,24)19-14-25(21,22)13-18(19)20-16-7-5-3-4-6-8-16/h9-12,16,18-20H,2-8,13-14H2,1H3/t18-,19+/m1/s1. The second-order valence-corrected chi connectivity index (χ2v) is 11.9. The Morgan fingerprint density at radius 3 is 2.19 bits per heavy atom. The van der Waals surface area contributed by atoms with E-state index in [1.165, 1.54) is 12.8 Å². The second-order valence-electron chi connectivity index (χ2n) is 7.62. The minimum Gasteiger partial charge on any atom is -0.309 e. The second kappa shape index (κ2) is 7.98. The average Bonchev–Trinajstić information content (AvgIpc) is 2.77. The fourth-order valence-corrected chi connectivity index (χ4v) is 8.79. The van der Waals surface area contributed by atoms with Crippen LogP contribution < -0.4 is 5.32 Å². The molecule has 1 heterocycles. The maximum atomic E-state index is 13.1. The Morgan fingerprint density at radius 1 is 1.00 bits per heavy atom. The molecule has 7 heteroatoms. The topological polar surface area (TPSA) is 80.3 Å². The van der Waals surface area contributed by atoms with Crippen molar-refractivity contribution >= 4 is 19.7 Å². The molecule has 0 spiro atoms. The van der Waals surface area contributed by atoms with Gasteiger partial charge in [-0.05, 0) is 37.0 Å². The zero-order valence-corrected chi connectivity index (χ0v) is 17.0. The van der Waals surface area contributed by atoms with Gasteiger partial charge in [0.1, 0.15) is 0 Å². The minimum absolute atomic E-state index is 0.0829. The summed E-state index contributed by atoms with van der Waals surface area (Å²) in [5, 5.41) is 2.50. The fourth-order valence-electron chi connectivity index (χ4n) is 4.12. The number of nitrogens with one attached hydrogen (secondary N) is 1. The Kier molecular flexibility index (Phi) is 6.09. The Bertz CT molecular complexity index is 808. The molecule has 1 saturated heterocycles. The lowest BCUT2D eigenvalue weighted by Crippen LogP contribution is -2.47. The largest absolute Gasteiger partial charge is 0.309 e. The molecule has 1 saturated carbocycles. The number of sulfone groups is 2. The molecule has 5 nitrogen and oxygen atoms in total. The van der Waals surface area contributed by atoms with Crippen LogP contribution in [-0.2, 0) is 26.1 Å². The zero-order valence-electron chi connectivity index (χ0n) is 15.4. The van der Waals surface area contributed by atoms with Crippen LogP contribution in [0.4, 0.5) is 0 Å². The first-order chi connectivity index (χ1) is 12.3. The Balaban J connectivity index is 1.84. The van der Waals surface area contributed by atoms with Crippen LogP contribution in [0.2, 0.25) is 0 Å². The third-order valence-electron chi connectivity index (χ3n) is 5.66. The molecule has 1 aliphatic carbocycles. The van der Waals surface area contributed by atoms with Crippen LogP contribution in [0.1, 0.15) is 51.0 Å². The smallest absolute Gasteiger partial charge is 0.183 e. The van der Waals surface area contributed by atoms with Crippen molar-refractivity contribution in [3.8, 4) is 0 Å². The van der Waals surface area contributed by atoms with Crippen LogP contribution in [-0.4, -0.2) is 45.7 Å². The number of hydrogen-bond acceptors (Lipinski definition) is 5. The Morgan fingerprint density at radius 2 is 1.62 bits per heavy atom. The quantitative estimate of drug-likeness (QED) is 0.770. The van der Waals surface area contributed by atoms with Gasteiger partial charge in [0, 0.05) is 12.1 Å². The van der Waals surface area contributed by atoms with Gasteiger partial charge in [0.2, 0.25) is 0 Å². The molecule has 1 N–H and O–H groups in total. The molecule has 0 aromatic heterocycles. The molecule has 2 atom stereocenters. The van der Waals surface area contributed by atoms with Gasteiger partial charge in [-0.15, -0.1) is 0 Å². The number of hydrogen-bond donors (Lipinski definition) is 1. The van der Waals surface area contributed by atoms with E-state index in [0.29, 0.717) is 0 Å². The van der Waals surface area contributed by atoms with Crippen molar-refractivity contribution in [3.05, 3.63) is 29.8 Å². The lowest BCUT2D eigenvalue weighted by molar-refractivity contribution is 0.408. The van der Waals surface area contributed by atoms with Gasteiger partial charge in [0.15, 0.2) is 19.7 Å². The van der Waals surface area contributed by atoms with Gasteiger partial charge in [0.05, 0.1) is 21.7 Å². The van der Waals surface area contributed by atoms with Crippen LogP contribution in [0.25, 0.3) is 0 Å². The van der Waals surface area contributed by atoms with E-state index in [4.69, 9.17) is 0 Å². The highest BCUT2D eigenvalue weighted by atomic mass is 32.2.